The van der Waals surface area contributed by atoms with E-state index in [1.807, 2.05) is 54.6 Å². The summed E-state index contributed by atoms with van der Waals surface area (Å²) in [4.78, 5) is 13.9. The van der Waals surface area contributed by atoms with Crippen LogP contribution in [0.15, 0.2) is 109 Å². The smallest absolute Gasteiger partial charge is 0.221 e. The molecule has 0 aliphatic carbocycles. The summed E-state index contributed by atoms with van der Waals surface area (Å²) in [6.07, 6.45) is 2.45. The zero-order valence-corrected chi connectivity index (χ0v) is 22.6. The first-order valence-electron chi connectivity index (χ1n) is 13.3. The number of hydrogen-bond donors (Lipinski definition) is 1. The number of rotatable bonds is 10. The summed E-state index contributed by atoms with van der Waals surface area (Å²) >= 11 is 0. The van der Waals surface area contributed by atoms with Crippen LogP contribution in [0.1, 0.15) is 47.6 Å². The van der Waals surface area contributed by atoms with Gasteiger partial charge < -0.3 is 19.4 Å². The predicted octanol–water partition coefficient (Wildman–Crippen LogP) is 7.11. The number of aryl methyl sites for hydroxylation is 1. The van der Waals surface area contributed by atoms with Gasteiger partial charge in [0.25, 0.3) is 0 Å². The number of benzene rings is 4. The van der Waals surface area contributed by atoms with Crippen molar-refractivity contribution in [2.75, 3.05) is 14.2 Å². The van der Waals surface area contributed by atoms with Crippen molar-refractivity contribution in [2.45, 2.75) is 31.8 Å². The van der Waals surface area contributed by atoms with Crippen LogP contribution in [-0.2, 0) is 11.3 Å². The molecule has 1 atom stereocenters. The van der Waals surface area contributed by atoms with Gasteiger partial charge >= 0.3 is 0 Å². The van der Waals surface area contributed by atoms with E-state index >= 15 is 0 Å². The van der Waals surface area contributed by atoms with Crippen LogP contribution in [0.25, 0.3) is 10.9 Å². The molecule has 1 unspecified atom stereocenters. The molecule has 1 aromatic heterocycles. The Hall–Kier alpha value is -4.51. The van der Waals surface area contributed by atoms with Gasteiger partial charge in [-0.05, 0) is 47.4 Å². The Balaban J connectivity index is 1.56. The fourth-order valence-corrected chi connectivity index (χ4v) is 5.31. The van der Waals surface area contributed by atoms with Crippen LogP contribution in [0.4, 0.5) is 0 Å². The number of carbonyl (C=O) groups is 1. The molecule has 1 amide bonds. The topological polar surface area (TPSA) is 52.5 Å². The first-order valence-corrected chi connectivity index (χ1v) is 13.3. The molecule has 0 aliphatic rings. The summed E-state index contributed by atoms with van der Waals surface area (Å²) in [7, 11) is 3.29. The van der Waals surface area contributed by atoms with Gasteiger partial charge in [0, 0.05) is 42.0 Å². The molecule has 0 saturated heterocycles. The predicted molar refractivity (Wildman–Crippen MR) is 156 cm³/mol. The molecule has 5 aromatic rings. The van der Waals surface area contributed by atoms with Crippen molar-refractivity contribution in [3.8, 4) is 11.5 Å². The average Bonchev–Trinajstić information content (AvgIpc) is 3.37. The molecule has 0 aliphatic heterocycles. The molecule has 4 aromatic carbocycles. The molecular formula is C34H34N2O3. The maximum Gasteiger partial charge on any atom is 0.221 e. The monoisotopic (exact) mass is 518 g/mol. The molecule has 39 heavy (non-hydrogen) atoms. The summed E-state index contributed by atoms with van der Waals surface area (Å²) in [6, 6.07) is 34.2. The first kappa shape index (κ1) is 26.1. The number of para-hydroxylation sites is 1. The third kappa shape index (κ3) is 5.68. The normalized spacial score (nSPS) is 11.9. The van der Waals surface area contributed by atoms with Crippen LogP contribution in [0.2, 0.25) is 0 Å². The van der Waals surface area contributed by atoms with Crippen LogP contribution in [0.3, 0.4) is 0 Å². The van der Waals surface area contributed by atoms with Gasteiger partial charge in [0.05, 0.1) is 20.3 Å². The second-order valence-electron chi connectivity index (χ2n) is 9.61. The minimum absolute atomic E-state index is 0.0344. The van der Waals surface area contributed by atoms with Gasteiger partial charge in [-0.1, -0.05) is 78.9 Å². The van der Waals surface area contributed by atoms with Crippen molar-refractivity contribution >= 4 is 16.8 Å². The molecule has 1 heterocycles. The third-order valence-electron chi connectivity index (χ3n) is 7.27. The number of carbonyl (C=O) groups excluding carboxylic acids is 1. The second-order valence-corrected chi connectivity index (χ2v) is 9.61. The SMILES string of the molecule is CCn1cc(C(CC(=O)NC(c2ccccc2)c2ccccc2)c2cc(OC)cc(OC)c2)c2ccccc21. The second kappa shape index (κ2) is 11.9. The van der Waals surface area contributed by atoms with Gasteiger partial charge in [0.1, 0.15) is 11.5 Å². The van der Waals surface area contributed by atoms with Gasteiger partial charge in [-0.3, -0.25) is 4.79 Å². The van der Waals surface area contributed by atoms with Crippen LogP contribution in [0.5, 0.6) is 11.5 Å². The van der Waals surface area contributed by atoms with Crippen LogP contribution in [0, 0.1) is 0 Å². The van der Waals surface area contributed by atoms with Crippen LogP contribution >= 0.6 is 0 Å². The Morgan fingerprint density at radius 3 is 1.90 bits per heavy atom. The van der Waals surface area contributed by atoms with Gasteiger partial charge in [0.15, 0.2) is 0 Å². The Labute approximate surface area is 230 Å². The van der Waals surface area contributed by atoms with E-state index in [1.165, 1.54) is 0 Å². The van der Waals surface area contributed by atoms with Crippen molar-refractivity contribution < 1.29 is 14.3 Å². The fraction of sp³-hybridized carbons (Fsp3) is 0.206. The summed E-state index contributed by atoms with van der Waals surface area (Å²) in [5.41, 5.74) is 5.31. The van der Waals surface area contributed by atoms with Crippen molar-refractivity contribution in [1.82, 2.24) is 9.88 Å². The van der Waals surface area contributed by atoms with Crippen molar-refractivity contribution in [3.05, 3.63) is 132 Å². The number of ether oxygens (including phenoxy) is 2. The molecule has 198 valence electrons. The van der Waals surface area contributed by atoms with Gasteiger partial charge in [-0.2, -0.15) is 0 Å². The van der Waals surface area contributed by atoms with E-state index in [2.05, 4.69) is 71.5 Å². The quantitative estimate of drug-likeness (QED) is 0.214. The van der Waals surface area contributed by atoms with E-state index in [4.69, 9.17) is 9.47 Å². The Kier molecular flexibility index (Phi) is 7.97. The van der Waals surface area contributed by atoms with Crippen molar-refractivity contribution in [3.63, 3.8) is 0 Å². The number of methoxy groups -OCH3 is 2. The number of aromatic nitrogens is 1. The van der Waals surface area contributed by atoms with E-state index in [-0.39, 0.29) is 24.3 Å². The lowest BCUT2D eigenvalue weighted by Gasteiger charge is -2.23. The third-order valence-corrected chi connectivity index (χ3v) is 7.27. The van der Waals surface area contributed by atoms with Gasteiger partial charge in [0.2, 0.25) is 5.91 Å². The number of nitrogens with zero attached hydrogens (tertiary/aromatic N) is 1. The Bertz CT molecular complexity index is 1480. The number of hydrogen-bond acceptors (Lipinski definition) is 3. The molecule has 5 heteroatoms. The van der Waals surface area contributed by atoms with Crippen LogP contribution in [-0.4, -0.2) is 24.7 Å². The molecule has 0 spiro atoms. The summed E-state index contributed by atoms with van der Waals surface area (Å²) in [6.45, 7) is 2.97. The van der Waals surface area contributed by atoms with E-state index < -0.39 is 0 Å². The average molecular weight is 519 g/mol. The molecule has 1 N–H and O–H groups in total. The van der Waals surface area contributed by atoms with E-state index in [0.29, 0.717) is 11.5 Å². The largest absolute Gasteiger partial charge is 0.497 e. The number of amides is 1. The molecular weight excluding hydrogens is 484 g/mol. The zero-order chi connectivity index (χ0) is 27.2. The Morgan fingerprint density at radius 1 is 0.769 bits per heavy atom. The molecule has 0 bridgehead atoms. The fourth-order valence-electron chi connectivity index (χ4n) is 5.31. The summed E-state index contributed by atoms with van der Waals surface area (Å²) in [5.74, 6) is 1.15. The standard InChI is InChI=1S/C34H34N2O3/c1-4-36-23-31(29-17-11-12-18-32(29)36)30(26-19-27(38-2)21-28(20-26)39-3)22-33(37)35-34(24-13-7-5-8-14-24)25-15-9-6-10-16-25/h5-21,23,30,34H,4,22H2,1-3H3,(H,35,37). The maximum atomic E-state index is 13.9. The molecule has 0 fully saturated rings. The van der Waals surface area contributed by atoms with Crippen molar-refractivity contribution in [2.24, 2.45) is 0 Å². The molecule has 0 saturated carbocycles. The summed E-state index contributed by atoms with van der Waals surface area (Å²) in [5, 5.41) is 4.48. The minimum atomic E-state index is -0.252. The number of fused-ring (bicyclic) bond motifs is 1. The van der Waals surface area contributed by atoms with E-state index in [9.17, 15) is 4.79 Å². The van der Waals surface area contributed by atoms with E-state index in [1.54, 1.807) is 14.2 Å². The van der Waals surface area contributed by atoms with Gasteiger partial charge in [-0.25, -0.2) is 0 Å². The first-order chi connectivity index (χ1) is 19.1. The lowest BCUT2D eigenvalue weighted by molar-refractivity contribution is -0.121. The lowest BCUT2D eigenvalue weighted by atomic mass is 9.87. The highest BCUT2D eigenvalue weighted by Crippen LogP contribution is 2.38. The highest BCUT2D eigenvalue weighted by molar-refractivity contribution is 5.87. The Morgan fingerprint density at radius 2 is 1.33 bits per heavy atom. The zero-order valence-electron chi connectivity index (χ0n) is 22.6. The minimum Gasteiger partial charge on any atom is -0.497 e. The highest BCUT2D eigenvalue weighted by atomic mass is 16.5. The molecule has 5 nitrogen and oxygen atoms in total. The van der Waals surface area contributed by atoms with Gasteiger partial charge in [-0.15, -0.1) is 0 Å². The number of nitrogens with one attached hydrogen (secondary N) is 1. The maximum absolute atomic E-state index is 13.9. The van der Waals surface area contributed by atoms with Crippen molar-refractivity contribution in [1.29, 1.82) is 0 Å². The molecule has 0 radical (unpaired) electrons. The van der Waals surface area contributed by atoms with E-state index in [0.717, 1.165) is 39.7 Å². The molecule has 5 rings (SSSR count). The summed E-state index contributed by atoms with van der Waals surface area (Å²) < 4.78 is 13.4. The van der Waals surface area contributed by atoms with Crippen LogP contribution < -0.4 is 14.8 Å². The lowest BCUT2D eigenvalue weighted by Crippen LogP contribution is -2.30. The highest BCUT2D eigenvalue weighted by Gasteiger charge is 2.26.